The highest BCUT2D eigenvalue weighted by Gasteiger charge is 2.17. The molecular formula is C10H20BrNO. The molecule has 1 aliphatic rings. The van der Waals surface area contributed by atoms with Crippen LogP contribution in [0, 0.1) is 5.92 Å². The highest BCUT2D eigenvalue weighted by molar-refractivity contribution is 9.09. The van der Waals surface area contributed by atoms with Gasteiger partial charge in [-0.3, -0.25) is 0 Å². The second kappa shape index (κ2) is 6.80. The molecule has 0 unspecified atom stereocenters. The number of nitrogens with zero attached hydrogens (tertiary/aromatic N) is 1. The maximum atomic E-state index is 5.17. The molecule has 1 fully saturated rings. The Morgan fingerprint density at radius 1 is 1.38 bits per heavy atom. The van der Waals surface area contributed by atoms with Gasteiger partial charge in [-0.2, -0.15) is 0 Å². The third-order valence-corrected chi connectivity index (χ3v) is 3.28. The lowest BCUT2D eigenvalue weighted by Crippen LogP contribution is -2.35. The molecule has 0 atom stereocenters. The summed E-state index contributed by atoms with van der Waals surface area (Å²) in [7, 11) is 1.80. The van der Waals surface area contributed by atoms with Crippen molar-refractivity contribution in [3.63, 3.8) is 0 Å². The summed E-state index contributed by atoms with van der Waals surface area (Å²) in [5.41, 5.74) is 0. The van der Waals surface area contributed by atoms with Crippen LogP contribution in [0.2, 0.25) is 0 Å². The van der Waals surface area contributed by atoms with Gasteiger partial charge in [0, 0.05) is 19.0 Å². The van der Waals surface area contributed by atoms with E-state index in [0.717, 1.165) is 17.9 Å². The Kier molecular flexibility index (Phi) is 6.00. The van der Waals surface area contributed by atoms with Crippen molar-refractivity contribution in [1.29, 1.82) is 0 Å². The molecule has 78 valence electrons. The Labute approximate surface area is 89.8 Å². The SMILES string of the molecule is COCC1CCN(CCCBr)CC1. The van der Waals surface area contributed by atoms with Crippen LogP contribution in [-0.4, -0.2) is 43.6 Å². The Morgan fingerprint density at radius 2 is 2.08 bits per heavy atom. The molecule has 0 aliphatic carbocycles. The number of likely N-dealkylation sites (tertiary alicyclic amines) is 1. The van der Waals surface area contributed by atoms with Gasteiger partial charge in [0.25, 0.3) is 0 Å². The van der Waals surface area contributed by atoms with Gasteiger partial charge in [-0.1, -0.05) is 15.9 Å². The third kappa shape index (κ3) is 4.43. The number of hydrogen-bond acceptors (Lipinski definition) is 2. The maximum Gasteiger partial charge on any atom is 0.0491 e. The molecule has 0 spiro atoms. The van der Waals surface area contributed by atoms with E-state index < -0.39 is 0 Å². The van der Waals surface area contributed by atoms with Gasteiger partial charge in [-0.25, -0.2) is 0 Å². The molecule has 0 aromatic rings. The fraction of sp³-hybridized carbons (Fsp3) is 1.00. The smallest absolute Gasteiger partial charge is 0.0491 e. The summed E-state index contributed by atoms with van der Waals surface area (Å²) in [5.74, 6) is 0.810. The van der Waals surface area contributed by atoms with Crippen LogP contribution in [0.4, 0.5) is 0 Å². The molecule has 1 aliphatic heterocycles. The first-order valence-electron chi connectivity index (χ1n) is 5.14. The number of rotatable bonds is 5. The van der Waals surface area contributed by atoms with E-state index in [1.165, 1.54) is 38.9 Å². The summed E-state index contributed by atoms with van der Waals surface area (Å²) in [6, 6.07) is 0. The van der Waals surface area contributed by atoms with Gasteiger partial charge in [0.1, 0.15) is 0 Å². The zero-order valence-electron chi connectivity index (χ0n) is 8.47. The van der Waals surface area contributed by atoms with Crippen molar-refractivity contribution in [2.75, 3.05) is 38.7 Å². The summed E-state index contributed by atoms with van der Waals surface area (Å²) < 4.78 is 5.17. The van der Waals surface area contributed by atoms with Gasteiger partial charge in [0.2, 0.25) is 0 Å². The highest BCUT2D eigenvalue weighted by Crippen LogP contribution is 2.17. The Morgan fingerprint density at radius 3 is 2.62 bits per heavy atom. The van der Waals surface area contributed by atoms with Crippen molar-refractivity contribution in [1.82, 2.24) is 4.90 Å². The lowest BCUT2D eigenvalue weighted by Gasteiger charge is -2.31. The lowest BCUT2D eigenvalue weighted by atomic mass is 9.98. The van der Waals surface area contributed by atoms with E-state index >= 15 is 0 Å². The van der Waals surface area contributed by atoms with Crippen LogP contribution in [0.15, 0.2) is 0 Å². The normalized spacial score (nSPS) is 20.8. The van der Waals surface area contributed by atoms with E-state index in [4.69, 9.17) is 4.74 Å². The molecule has 3 heteroatoms. The number of methoxy groups -OCH3 is 1. The van der Waals surface area contributed by atoms with E-state index in [2.05, 4.69) is 20.8 Å². The predicted molar refractivity (Wildman–Crippen MR) is 59.5 cm³/mol. The second-order valence-electron chi connectivity index (χ2n) is 3.78. The summed E-state index contributed by atoms with van der Waals surface area (Å²) >= 11 is 3.47. The van der Waals surface area contributed by atoms with Gasteiger partial charge < -0.3 is 9.64 Å². The molecule has 13 heavy (non-hydrogen) atoms. The van der Waals surface area contributed by atoms with Crippen LogP contribution in [0.5, 0.6) is 0 Å². The van der Waals surface area contributed by atoms with Gasteiger partial charge in [-0.15, -0.1) is 0 Å². The Hall–Kier alpha value is 0.400. The molecule has 0 radical (unpaired) electrons. The van der Waals surface area contributed by atoms with Crippen LogP contribution < -0.4 is 0 Å². The van der Waals surface area contributed by atoms with E-state index in [1.807, 2.05) is 0 Å². The zero-order chi connectivity index (χ0) is 9.52. The molecular weight excluding hydrogens is 230 g/mol. The van der Waals surface area contributed by atoms with Gasteiger partial charge in [0.05, 0.1) is 0 Å². The Bertz CT molecular complexity index is 124. The molecule has 1 heterocycles. The standard InChI is InChI=1S/C10H20BrNO/c1-13-9-10-3-7-12(8-4-10)6-2-5-11/h10H,2-9H2,1H3. The van der Waals surface area contributed by atoms with Gasteiger partial charge in [-0.05, 0) is 44.8 Å². The fourth-order valence-electron chi connectivity index (χ4n) is 1.90. The van der Waals surface area contributed by atoms with Crippen LogP contribution in [-0.2, 0) is 4.74 Å². The van der Waals surface area contributed by atoms with Crippen molar-refractivity contribution in [2.24, 2.45) is 5.92 Å². The predicted octanol–water partition coefficient (Wildman–Crippen LogP) is 2.13. The van der Waals surface area contributed by atoms with Crippen molar-refractivity contribution in [3.05, 3.63) is 0 Å². The molecule has 0 saturated carbocycles. The molecule has 0 bridgehead atoms. The van der Waals surface area contributed by atoms with Crippen LogP contribution in [0.3, 0.4) is 0 Å². The van der Waals surface area contributed by atoms with Crippen LogP contribution in [0.1, 0.15) is 19.3 Å². The second-order valence-corrected chi connectivity index (χ2v) is 4.58. The quantitative estimate of drug-likeness (QED) is 0.693. The van der Waals surface area contributed by atoms with E-state index in [0.29, 0.717) is 0 Å². The number of hydrogen-bond donors (Lipinski definition) is 0. The number of halogens is 1. The maximum absolute atomic E-state index is 5.17. The van der Waals surface area contributed by atoms with Crippen LogP contribution in [0.25, 0.3) is 0 Å². The Balaban J connectivity index is 2.08. The van der Waals surface area contributed by atoms with Crippen LogP contribution >= 0.6 is 15.9 Å². The van der Waals surface area contributed by atoms with E-state index in [-0.39, 0.29) is 0 Å². The van der Waals surface area contributed by atoms with Gasteiger partial charge >= 0.3 is 0 Å². The first-order chi connectivity index (χ1) is 6.36. The van der Waals surface area contributed by atoms with Crippen molar-refractivity contribution in [3.8, 4) is 0 Å². The summed E-state index contributed by atoms with van der Waals surface area (Å²) in [6.07, 6.45) is 3.90. The number of ether oxygens (including phenoxy) is 1. The van der Waals surface area contributed by atoms with Crippen molar-refractivity contribution in [2.45, 2.75) is 19.3 Å². The first kappa shape index (κ1) is 11.5. The molecule has 0 aromatic carbocycles. The molecule has 0 aromatic heterocycles. The minimum Gasteiger partial charge on any atom is -0.384 e. The molecule has 0 amide bonds. The van der Waals surface area contributed by atoms with Crippen molar-refractivity contribution < 1.29 is 4.74 Å². The molecule has 2 nitrogen and oxygen atoms in total. The minimum atomic E-state index is 0.810. The monoisotopic (exact) mass is 249 g/mol. The minimum absolute atomic E-state index is 0.810. The fourth-order valence-corrected chi connectivity index (χ4v) is 2.15. The largest absolute Gasteiger partial charge is 0.384 e. The summed E-state index contributed by atoms with van der Waals surface area (Å²) in [5, 5.41) is 1.13. The van der Waals surface area contributed by atoms with Gasteiger partial charge in [0.15, 0.2) is 0 Å². The summed E-state index contributed by atoms with van der Waals surface area (Å²) in [6.45, 7) is 4.74. The third-order valence-electron chi connectivity index (χ3n) is 2.72. The lowest BCUT2D eigenvalue weighted by molar-refractivity contribution is 0.0998. The van der Waals surface area contributed by atoms with Crippen molar-refractivity contribution >= 4 is 15.9 Å². The molecule has 1 rings (SSSR count). The molecule has 0 N–H and O–H groups in total. The average molecular weight is 250 g/mol. The summed E-state index contributed by atoms with van der Waals surface area (Å²) in [4.78, 5) is 2.56. The topological polar surface area (TPSA) is 12.5 Å². The number of alkyl halides is 1. The zero-order valence-corrected chi connectivity index (χ0v) is 10.1. The van der Waals surface area contributed by atoms with E-state index in [1.54, 1.807) is 7.11 Å². The number of piperidine rings is 1. The highest BCUT2D eigenvalue weighted by atomic mass is 79.9. The first-order valence-corrected chi connectivity index (χ1v) is 6.26. The average Bonchev–Trinajstić information content (AvgIpc) is 2.17. The van der Waals surface area contributed by atoms with E-state index in [9.17, 15) is 0 Å². The molecule has 1 saturated heterocycles.